The van der Waals surface area contributed by atoms with E-state index in [4.69, 9.17) is 4.74 Å². The Labute approximate surface area is 101 Å². The first-order valence-electron chi connectivity index (χ1n) is 6.05. The molecule has 90 valence electrons. The quantitative estimate of drug-likeness (QED) is 0.774. The van der Waals surface area contributed by atoms with Crippen LogP contribution >= 0.6 is 11.3 Å². The molecule has 0 unspecified atom stereocenters. The molecule has 0 radical (unpaired) electrons. The Hall–Kier alpha value is -0.450. The molecule has 3 nitrogen and oxygen atoms in total. The molecule has 0 aliphatic heterocycles. The van der Waals surface area contributed by atoms with Gasteiger partial charge >= 0.3 is 0 Å². The third-order valence-electron chi connectivity index (χ3n) is 2.65. The molecule has 0 saturated heterocycles. The number of thiazole rings is 1. The van der Waals surface area contributed by atoms with E-state index in [1.54, 1.807) is 0 Å². The van der Waals surface area contributed by atoms with Crippen LogP contribution in [-0.2, 0) is 24.1 Å². The van der Waals surface area contributed by atoms with E-state index in [1.807, 2.05) is 11.3 Å². The fourth-order valence-electron chi connectivity index (χ4n) is 1.88. The SMILES string of the molecule is CC(C)OCCNCc1nc2c(s1)CCC2. The molecule has 0 spiro atoms. The van der Waals surface area contributed by atoms with Gasteiger partial charge in [0, 0.05) is 18.0 Å². The first-order valence-corrected chi connectivity index (χ1v) is 6.87. The average Bonchev–Trinajstić information content (AvgIpc) is 2.76. The number of nitrogens with one attached hydrogen (secondary N) is 1. The fraction of sp³-hybridized carbons (Fsp3) is 0.750. The number of aryl methyl sites for hydroxylation is 2. The summed E-state index contributed by atoms with van der Waals surface area (Å²) in [5.41, 5.74) is 1.35. The minimum atomic E-state index is 0.325. The van der Waals surface area contributed by atoms with Crippen molar-refractivity contribution in [3.05, 3.63) is 15.6 Å². The highest BCUT2D eigenvalue weighted by molar-refractivity contribution is 7.11. The van der Waals surface area contributed by atoms with Crippen molar-refractivity contribution in [3.63, 3.8) is 0 Å². The van der Waals surface area contributed by atoms with Crippen molar-refractivity contribution < 1.29 is 4.74 Å². The van der Waals surface area contributed by atoms with E-state index in [1.165, 1.54) is 34.8 Å². The third-order valence-corrected chi connectivity index (χ3v) is 3.80. The van der Waals surface area contributed by atoms with E-state index in [0.29, 0.717) is 6.10 Å². The monoisotopic (exact) mass is 240 g/mol. The van der Waals surface area contributed by atoms with Crippen LogP contribution in [0.15, 0.2) is 0 Å². The summed E-state index contributed by atoms with van der Waals surface area (Å²) in [5, 5.41) is 4.60. The van der Waals surface area contributed by atoms with Crippen LogP contribution in [0.2, 0.25) is 0 Å². The van der Waals surface area contributed by atoms with E-state index in [9.17, 15) is 0 Å². The molecule has 0 bridgehead atoms. The van der Waals surface area contributed by atoms with Crippen LogP contribution in [0.3, 0.4) is 0 Å². The van der Waals surface area contributed by atoms with E-state index in [-0.39, 0.29) is 0 Å². The van der Waals surface area contributed by atoms with Gasteiger partial charge in [0.05, 0.1) is 18.4 Å². The van der Waals surface area contributed by atoms with Gasteiger partial charge in [0.2, 0.25) is 0 Å². The standard InChI is InChI=1S/C12H20N2OS/c1-9(2)15-7-6-13-8-12-14-10-4-3-5-11(10)16-12/h9,13H,3-8H2,1-2H3. The lowest BCUT2D eigenvalue weighted by Crippen LogP contribution is -2.20. The van der Waals surface area contributed by atoms with Crippen LogP contribution in [0.1, 0.15) is 35.8 Å². The molecular formula is C12H20N2OS. The Kier molecular flexibility index (Phi) is 4.32. The van der Waals surface area contributed by atoms with Gasteiger partial charge in [-0.15, -0.1) is 11.3 Å². The highest BCUT2D eigenvalue weighted by Gasteiger charge is 2.15. The molecule has 1 N–H and O–H groups in total. The smallest absolute Gasteiger partial charge is 0.107 e. The molecule has 1 aliphatic rings. The van der Waals surface area contributed by atoms with Crippen LogP contribution in [0.4, 0.5) is 0 Å². The molecule has 0 amide bonds. The summed E-state index contributed by atoms with van der Waals surface area (Å²) in [5.74, 6) is 0. The lowest BCUT2D eigenvalue weighted by molar-refractivity contribution is 0.0807. The largest absolute Gasteiger partial charge is 0.377 e. The number of hydrogen-bond acceptors (Lipinski definition) is 4. The summed E-state index contributed by atoms with van der Waals surface area (Å²) >= 11 is 1.87. The van der Waals surface area contributed by atoms with Crippen LogP contribution in [0.25, 0.3) is 0 Å². The Bertz CT molecular complexity index is 314. The van der Waals surface area contributed by atoms with Gasteiger partial charge in [-0.3, -0.25) is 0 Å². The van der Waals surface area contributed by atoms with Crippen LogP contribution in [-0.4, -0.2) is 24.2 Å². The summed E-state index contributed by atoms with van der Waals surface area (Å²) < 4.78 is 5.46. The molecule has 1 aliphatic carbocycles. The molecule has 0 fully saturated rings. The first-order chi connectivity index (χ1) is 7.75. The number of aromatic nitrogens is 1. The number of ether oxygens (including phenoxy) is 1. The molecule has 0 atom stereocenters. The molecule has 0 saturated carbocycles. The molecule has 1 aromatic rings. The summed E-state index contributed by atoms with van der Waals surface area (Å²) in [6.07, 6.45) is 4.04. The normalized spacial score (nSPS) is 14.7. The molecule has 4 heteroatoms. The van der Waals surface area contributed by atoms with E-state index in [2.05, 4.69) is 24.1 Å². The maximum Gasteiger partial charge on any atom is 0.107 e. The Morgan fingerprint density at radius 1 is 1.44 bits per heavy atom. The second kappa shape index (κ2) is 5.75. The predicted molar refractivity (Wildman–Crippen MR) is 66.9 cm³/mol. The summed E-state index contributed by atoms with van der Waals surface area (Å²) in [7, 11) is 0. The van der Waals surface area contributed by atoms with Crippen molar-refractivity contribution in [3.8, 4) is 0 Å². The van der Waals surface area contributed by atoms with Gasteiger partial charge in [-0.25, -0.2) is 4.98 Å². The minimum absolute atomic E-state index is 0.325. The van der Waals surface area contributed by atoms with Crippen LogP contribution < -0.4 is 5.32 Å². The average molecular weight is 240 g/mol. The van der Waals surface area contributed by atoms with Crippen molar-refractivity contribution in [2.75, 3.05) is 13.2 Å². The lowest BCUT2D eigenvalue weighted by atomic mass is 10.4. The van der Waals surface area contributed by atoms with E-state index < -0.39 is 0 Å². The van der Waals surface area contributed by atoms with Crippen molar-refractivity contribution in [1.29, 1.82) is 0 Å². The number of rotatable bonds is 6. The lowest BCUT2D eigenvalue weighted by Gasteiger charge is -2.07. The highest BCUT2D eigenvalue weighted by atomic mass is 32.1. The van der Waals surface area contributed by atoms with Gasteiger partial charge in [0.25, 0.3) is 0 Å². The van der Waals surface area contributed by atoms with Crippen molar-refractivity contribution in [1.82, 2.24) is 10.3 Å². The van der Waals surface area contributed by atoms with Gasteiger partial charge in [-0.05, 0) is 33.1 Å². The molecule has 2 rings (SSSR count). The van der Waals surface area contributed by atoms with Crippen molar-refractivity contribution in [2.24, 2.45) is 0 Å². The van der Waals surface area contributed by atoms with Gasteiger partial charge < -0.3 is 10.1 Å². The van der Waals surface area contributed by atoms with E-state index >= 15 is 0 Å². The predicted octanol–water partition coefficient (Wildman–Crippen LogP) is 2.15. The summed E-state index contributed by atoms with van der Waals surface area (Å²) in [4.78, 5) is 6.15. The minimum Gasteiger partial charge on any atom is -0.377 e. The van der Waals surface area contributed by atoms with Gasteiger partial charge in [0.15, 0.2) is 0 Å². The molecule has 1 heterocycles. The number of nitrogens with zero attached hydrogens (tertiary/aromatic N) is 1. The van der Waals surface area contributed by atoms with Crippen molar-refractivity contribution >= 4 is 11.3 Å². The van der Waals surface area contributed by atoms with Crippen molar-refractivity contribution in [2.45, 2.75) is 45.8 Å². The third kappa shape index (κ3) is 3.27. The second-order valence-corrected chi connectivity index (χ2v) is 5.60. The molecule has 1 aromatic heterocycles. The Morgan fingerprint density at radius 3 is 3.06 bits per heavy atom. The Morgan fingerprint density at radius 2 is 2.31 bits per heavy atom. The van der Waals surface area contributed by atoms with Crippen LogP contribution in [0, 0.1) is 0 Å². The van der Waals surface area contributed by atoms with Gasteiger partial charge in [-0.1, -0.05) is 0 Å². The first kappa shape index (κ1) is 12.0. The number of hydrogen-bond donors (Lipinski definition) is 1. The van der Waals surface area contributed by atoms with Gasteiger partial charge in [0.1, 0.15) is 5.01 Å². The molecule has 16 heavy (non-hydrogen) atoms. The summed E-state index contributed by atoms with van der Waals surface area (Å²) in [6.45, 7) is 6.70. The zero-order valence-corrected chi connectivity index (χ0v) is 10.9. The molecule has 0 aromatic carbocycles. The zero-order chi connectivity index (χ0) is 11.4. The highest BCUT2D eigenvalue weighted by Crippen LogP contribution is 2.27. The second-order valence-electron chi connectivity index (χ2n) is 4.43. The van der Waals surface area contributed by atoms with E-state index in [0.717, 1.165) is 19.7 Å². The topological polar surface area (TPSA) is 34.1 Å². The molecular weight excluding hydrogens is 220 g/mol. The maximum atomic E-state index is 5.46. The summed E-state index contributed by atoms with van der Waals surface area (Å²) in [6, 6.07) is 0. The number of fused-ring (bicyclic) bond motifs is 1. The Balaban J connectivity index is 1.66. The maximum absolute atomic E-state index is 5.46. The van der Waals surface area contributed by atoms with Crippen LogP contribution in [0.5, 0.6) is 0 Å². The van der Waals surface area contributed by atoms with Gasteiger partial charge in [-0.2, -0.15) is 0 Å². The fourth-order valence-corrected chi connectivity index (χ4v) is 3.01. The zero-order valence-electron chi connectivity index (χ0n) is 10.1.